The molecule has 7 heteroatoms. The van der Waals surface area contributed by atoms with Crippen LogP contribution in [-0.2, 0) is 0 Å². The molecule has 0 atom stereocenters. The molecule has 2 aromatic rings. The van der Waals surface area contributed by atoms with Crippen LogP contribution in [0.3, 0.4) is 0 Å². The van der Waals surface area contributed by atoms with Gasteiger partial charge in [0.05, 0.1) is 0 Å². The number of aromatic nitrogens is 3. The molecule has 2 heterocycles. The van der Waals surface area contributed by atoms with Crippen LogP contribution in [0.1, 0.15) is 37.8 Å². The third-order valence-electron chi connectivity index (χ3n) is 5.61. The van der Waals surface area contributed by atoms with Crippen LogP contribution in [0, 0.1) is 17.2 Å². The van der Waals surface area contributed by atoms with E-state index in [0.29, 0.717) is 23.5 Å². The maximum atomic E-state index is 9.23. The SMILES string of the molecule is N#Cc1cc2cnc(NC3CC(N)C3)nc2c(NC23CC(C2)C3)n1. The molecule has 7 nitrogen and oxygen atoms in total. The molecule has 4 N–H and O–H groups in total. The molecule has 4 aliphatic rings. The molecule has 4 saturated carbocycles. The highest BCUT2D eigenvalue weighted by Crippen LogP contribution is 2.58. The fraction of sp³-hybridized carbons (Fsp3) is 0.529. The van der Waals surface area contributed by atoms with E-state index in [4.69, 9.17) is 5.73 Å². The van der Waals surface area contributed by atoms with Crippen molar-refractivity contribution in [1.82, 2.24) is 15.0 Å². The Balaban J connectivity index is 1.50. The second-order valence-corrected chi connectivity index (χ2v) is 7.56. The second-order valence-electron chi connectivity index (χ2n) is 7.56. The summed E-state index contributed by atoms with van der Waals surface area (Å²) >= 11 is 0. The Hall–Kier alpha value is -2.46. The summed E-state index contributed by atoms with van der Waals surface area (Å²) in [6.45, 7) is 0. The van der Waals surface area contributed by atoms with Gasteiger partial charge in [0.2, 0.25) is 5.95 Å². The summed E-state index contributed by atoms with van der Waals surface area (Å²) in [5.74, 6) is 2.18. The van der Waals surface area contributed by atoms with Crippen LogP contribution in [0.25, 0.3) is 10.9 Å². The maximum absolute atomic E-state index is 9.23. The van der Waals surface area contributed by atoms with Gasteiger partial charge in [-0.3, -0.25) is 0 Å². The third kappa shape index (κ3) is 2.10. The Kier molecular flexibility index (Phi) is 2.77. The molecule has 0 amide bonds. The summed E-state index contributed by atoms with van der Waals surface area (Å²) in [6, 6.07) is 4.50. The van der Waals surface area contributed by atoms with Gasteiger partial charge < -0.3 is 16.4 Å². The first-order valence-electron chi connectivity index (χ1n) is 8.51. The number of nitrogens with two attached hydrogens (primary N) is 1. The molecule has 2 aromatic heterocycles. The molecular formula is C17H19N7. The largest absolute Gasteiger partial charge is 0.363 e. The van der Waals surface area contributed by atoms with E-state index in [9.17, 15) is 5.26 Å². The normalized spacial score (nSPS) is 32.9. The predicted octanol–water partition coefficient (Wildman–Crippen LogP) is 1.76. The number of nitrogens with zero attached hydrogens (tertiary/aromatic N) is 4. The van der Waals surface area contributed by atoms with Gasteiger partial charge in [-0.25, -0.2) is 15.0 Å². The smallest absolute Gasteiger partial charge is 0.223 e. The minimum atomic E-state index is 0.179. The van der Waals surface area contributed by atoms with Crippen molar-refractivity contribution in [2.24, 2.45) is 11.7 Å². The van der Waals surface area contributed by atoms with Crippen molar-refractivity contribution in [2.45, 2.75) is 49.7 Å². The third-order valence-corrected chi connectivity index (χ3v) is 5.61. The number of hydrogen-bond donors (Lipinski definition) is 3. The first-order valence-corrected chi connectivity index (χ1v) is 8.51. The number of fused-ring (bicyclic) bond motifs is 1. The van der Waals surface area contributed by atoms with Gasteiger partial charge in [-0.05, 0) is 44.1 Å². The van der Waals surface area contributed by atoms with E-state index < -0.39 is 0 Å². The number of rotatable bonds is 4. The lowest BCUT2D eigenvalue weighted by Gasteiger charge is -2.62. The van der Waals surface area contributed by atoms with Crippen LogP contribution in [-0.4, -0.2) is 32.6 Å². The Morgan fingerprint density at radius 2 is 2.04 bits per heavy atom. The summed E-state index contributed by atoms with van der Waals surface area (Å²) in [6.07, 6.45) is 7.25. The Bertz CT molecular complexity index is 848. The maximum Gasteiger partial charge on any atom is 0.223 e. The summed E-state index contributed by atoms with van der Waals surface area (Å²) in [7, 11) is 0. The van der Waals surface area contributed by atoms with Gasteiger partial charge in [0.1, 0.15) is 17.3 Å². The van der Waals surface area contributed by atoms with Crippen LogP contribution in [0.2, 0.25) is 0 Å². The molecule has 0 saturated heterocycles. The van der Waals surface area contributed by atoms with Crippen molar-refractivity contribution in [1.29, 1.82) is 5.26 Å². The molecule has 0 spiro atoms. The Morgan fingerprint density at radius 3 is 2.67 bits per heavy atom. The van der Waals surface area contributed by atoms with Crippen LogP contribution in [0.4, 0.5) is 11.8 Å². The van der Waals surface area contributed by atoms with Gasteiger partial charge in [-0.2, -0.15) is 5.26 Å². The number of pyridine rings is 1. The number of anilines is 2. The van der Waals surface area contributed by atoms with Gasteiger partial charge in [0.15, 0.2) is 5.82 Å². The van der Waals surface area contributed by atoms with E-state index in [1.807, 2.05) is 0 Å². The van der Waals surface area contributed by atoms with Gasteiger partial charge in [0.25, 0.3) is 0 Å². The quantitative estimate of drug-likeness (QED) is 0.786. The molecule has 4 fully saturated rings. The number of nitriles is 1. The standard InChI is InChI=1S/C17H19N7/c18-7-13-1-10-8-20-16(22-12-2-11(19)3-12)23-14(10)15(21-13)24-17-4-9(5-17)6-17/h1,8-9,11-12H,2-6,19H2,(H,21,24)(H,20,22,23). The molecule has 2 bridgehead atoms. The van der Waals surface area contributed by atoms with E-state index in [-0.39, 0.29) is 11.6 Å². The topological polar surface area (TPSA) is 113 Å². The predicted molar refractivity (Wildman–Crippen MR) is 90.4 cm³/mol. The molecule has 0 aliphatic heterocycles. The van der Waals surface area contributed by atoms with E-state index >= 15 is 0 Å². The molecule has 24 heavy (non-hydrogen) atoms. The zero-order chi connectivity index (χ0) is 16.3. The molecule has 4 aliphatic carbocycles. The first-order chi connectivity index (χ1) is 11.6. The summed E-state index contributed by atoms with van der Waals surface area (Å²) in [5, 5.41) is 17.0. The monoisotopic (exact) mass is 321 g/mol. The van der Waals surface area contributed by atoms with Crippen molar-refractivity contribution < 1.29 is 0 Å². The highest BCUT2D eigenvalue weighted by atomic mass is 15.2. The van der Waals surface area contributed by atoms with Crippen molar-refractivity contribution in [2.75, 3.05) is 10.6 Å². The van der Waals surface area contributed by atoms with E-state index in [1.165, 1.54) is 19.3 Å². The molecule has 6 rings (SSSR count). The fourth-order valence-corrected chi connectivity index (χ4v) is 4.10. The lowest BCUT2D eigenvalue weighted by Crippen LogP contribution is -2.63. The van der Waals surface area contributed by atoms with Crippen LogP contribution < -0.4 is 16.4 Å². The van der Waals surface area contributed by atoms with E-state index in [0.717, 1.165) is 29.7 Å². The number of nitrogens with one attached hydrogen (secondary N) is 2. The van der Waals surface area contributed by atoms with Crippen LogP contribution in [0.15, 0.2) is 12.3 Å². The first kappa shape index (κ1) is 13.9. The Morgan fingerprint density at radius 1 is 1.25 bits per heavy atom. The van der Waals surface area contributed by atoms with Gasteiger partial charge in [-0.1, -0.05) is 0 Å². The van der Waals surface area contributed by atoms with Crippen molar-refractivity contribution in [3.8, 4) is 6.07 Å². The minimum absolute atomic E-state index is 0.179. The summed E-state index contributed by atoms with van der Waals surface area (Å²) < 4.78 is 0. The highest BCUT2D eigenvalue weighted by Gasteiger charge is 2.57. The lowest BCUT2D eigenvalue weighted by molar-refractivity contribution is 0.00191. The van der Waals surface area contributed by atoms with Gasteiger partial charge >= 0.3 is 0 Å². The van der Waals surface area contributed by atoms with Gasteiger partial charge in [0, 0.05) is 29.2 Å². The van der Waals surface area contributed by atoms with Crippen molar-refractivity contribution in [3.63, 3.8) is 0 Å². The average Bonchev–Trinajstić information content (AvgIpc) is 2.47. The average molecular weight is 321 g/mol. The van der Waals surface area contributed by atoms with Crippen molar-refractivity contribution >= 4 is 22.7 Å². The molecule has 0 aromatic carbocycles. The molecule has 0 radical (unpaired) electrons. The number of hydrogen-bond acceptors (Lipinski definition) is 7. The zero-order valence-electron chi connectivity index (χ0n) is 13.3. The Labute approximate surface area is 139 Å². The van der Waals surface area contributed by atoms with Crippen LogP contribution in [0.5, 0.6) is 0 Å². The second kappa shape index (κ2) is 4.77. The molecular weight excluding hydrogens is 302 g/mol. The summed E-state index contributed by atoms with van der Waals surface area (Å²) in [4.78, 5) is 13.5. The zero-order valence-corrected chi connectivity index (χ0v) is 13.3. The van der Waals surface area contributed by atoms with Crippen LogP contribution >= 0.6 is 0 Å². The highest BCUT2D eigenvalue weighted by molar-refractivity contribution is 5.89. The lowest BCUT2D eigenvalue weighted by atomic mass is 9.50. The molecule has 0 unspecified atom stereocenters. The van der Waals surface area contributed by atoms with Gasteiger partial charge in [-0.15, -0.1) is 0 Å². The minimum Gasteiger partial charge on any atom is -0.363 e. The van der Waals surface area contributed by atoms with E-state index in [1.54, 1.807) is 12.3 Å². The summed E-state index contributed by atoms with van der Waals surface area (Å²) in [5.41, 5.74) is 7.18. The molecule has 122 valence electrons. The van der Waals surface area contributed by atoms with E-state index in [2.05, 4.69) is 31.7 Å². The fourth-order valence-electron chi connectivity index (χ4n) is 4.10. The van der Waals surface area contributed by atoms with Crippen molar-refractivity contribution in [3.05, 3.63) is 18.0 Å².